The fourth-order valence-corrected chi connectivity index (χ4v) is 1.63. The molecule has 4 nitrogen and oxygen atoms in total. The molecule has 1 aromatic heterocycles. The lowest BCUT2D eigenvalue weighted by Gasteiger charge is -2.24. The maximum atomic E-state index is 11.6. The minimum absolute atomic E-state index is 0.159. The average Bonchev–Trinajstić information content (AvgIpc) is 2.53. The number of methoxy groups -OCH3 is 1. The van der Waals surface area contributed by atoms with Gasteiger partial charge in [0.1, 0.15) is 5.69 Å². The number of nitrogens with zero attached hydrogens (tertiary/aromatic N) is 1. The van der Waals surface area contributed by atoms with Crippen molar-refractivity contribution in [1.82, 2.24) is 10.3 Å². The van der Waals surface area contributed by atoms with E-state index in [-0.39, 0.29) is 11.4 Å². The van der Waals surface area contributed by atoms with Crippen LogP contribution in [0.25, 0.3) is 0 Å². The maximum absolute atomic E-state index is 11.6. The van der Waals surface area contributed by atoms with Gasteiger partial charge >= 0.3 is 0 Å². The summed E-state index contributed by atoms with van der Waals surface area (Å²) >= 11 is 1.40. The van der Waals surface area contributed by atoms with Crippen molar-refractivity contribution in [2.45, 2.75) is 19.4 Å². The Labute approximate surface area is 87.3 Å². The lowest BCUT2D eigenvalue weighted by atomic mass is 10.1. The molecule has 1 heterocycles. The van der Waals surface area contributed by atoms with Crippen LogP contribution in [-0.4, -0.2) is 30.1 Å². The second-order valence-electron chi connectivity index (χ2n) is 3.64. The number of hydrogen-bond donors (Lipinski definition) is 1. The first-order valence-corrected chi connectivity index (χ1v) is 5.19. The molecule has 0 aromatic carbocycles. The molecule has 0 spiro atoms. The number of carbonyl (C=O) groups is 1. The van der Waals surface area contributed by atoms with E-state index in [1.54, 1.807) is 18.0 Å². The summed E-state index contributed by atoms with van der Waals surface area (Å²) in [6.07, 6.45) is 0. The summed E-state index contributed by atoms with van der Waals surface area (Å²) in [5.41, 5.74) is 1.73. The Balaban J connectivity index is 2.57. The summed E-state index contributed by atoms with van der Waals surface area (Å²) in [6, 6.07) is 0. The van der Waals surface area contributed by atoms with Crippen molar-refractivity contribution < 1.29 is 9.53 Å². The van der Waals surface area contributed by atoms with Crippen LogP contribution in [0.15, 0.2) is 10.9 Å². The summed E-state index contributed by atoms with van der Waals surface area (Å²) in [5, 5.41) is 4.56. The molecule has 1 N–H and O–H groups in total. The van der Waals surface area contributed by atoms with Crippen molar-refractivity contribution in [2.24, 2.45) is 0 Å². The van der Waals surface area contributed by atoms with Gasteiger partial charge < -0.3 is 10.1 Å². The monoisotopic (exact) mass is 214 g/mol. The standard InChI is InChI=1S/C9H14N2O2S/c1-9(2,5-13-3)11-8(12)7-4-14-6-10-7/h4,6H,5H2,1-3H3,(H,11,12). The lowest BCUT2D eigenvalue weighted by Crippen LogP contribution is -2.46. The van der Waals surface area contributed by atoms with Crippen molar-refractivity contribution >= 4 is 17.2 Å². The molecule has 0 bridgehead atoms. The van der Waals surface area contributed by atoms with E-state index in [9.17, 15) is 4.79 Å². The largest absolute Gasteiger partial charge is 0.382 e. The third-order valence-corrected chi connectivity index (χ3v) is 2.21. The van der Waals surface area contributed by atoms with Crippen LogP contribution in [0.2, 0.25) is 0 Å². The molecule has 5 heteroatoms. The zero-order valence-corrected chi connectivity index (χ0v) is 9.35. The van der Waals surface area contributed by atoms with Gasteiger partial charge in [0.25, 0.3) is 5.91 Å². The fourth-order valence-electron chi connectivity index (χ4n) is 1.09. The average molecular weight is 214 g/mol. The molecule has 0 aliphatic heterocycles. The van der Waals surface area contributed by atoms with E-state index in [4.69, 9.17) is 4.74 Å². The minimum atomic E-state index is -0.366. The first kappa shape index (κ1) is 11.1. The molecule has 0 unspecified atom stereocenters. The molecule has 78 valence electrons. The number of rotatable bonds is 4. The number of ether oxygens (including phenoxy) is 1. The van der Waals surface area contributed by atoms with Crippen molar-refractivity contribution in [3.05, 3.63) is 16.6 Å². The predicted molar refractivity (Wildman–Crippen MR) is 55.5 cm³/mol. The highest BCUT2D eigenvalue weighted by molar-refractivity contribution is 7.07. The highest BCUT2D eigenvalue weighted by Crippen LogP contribution is 2.06. The van der Waals surface area contributed by atoms with E-state index in [1.165, 1.54) is 11.3 Å². The van der Waals surface area contributed by atoms with E-state index in [2.05, 4.69) is 10.3 Å². The van der Waals surface area contributed by atoms with Gasteiger partial charge in [-0.15, -0.1) is 11.3 Å². The molecule has 0 atom stereocenters. The molecular formula is C9H14N2O2S. The van der Waals surface area contributed by atoms with E-state index in [0.717, 1.165) is 0 Å². The molecule has 0 aliphatic carbocycles. The minimum Gasteiger partial charge on any atom is -0.382 e. The Hall–Kier alpha value is -0.940. The van der Waals surface area contributed by atoms with Crippen LogP contribution in [-0.2, 0) is 4.74 Å². The first-order valence-electron chi connectivity index (χ1n) is 4.25. The van der Waals surface area contributed by atoms with Gasteiger partial charge in [-0.3, -0.25) is 4.79 Å². The molecular weight excluding hydrogens is 200 g/mol. The SMILES string of the molecule is COCC(C)(C)NC(=O)c1cscn1. The normalized spacial score (nSPS) is 11.4. The molecule has 1 aromatic rings. The van der Waals surface area contributed by atoms with E-state index >= 15 is 0 Å². The quantitative estimate of drug-likeness (QED) is 0.822. The Bertz CT molecular complexity index is 296. The Kier molecular flexibility index (Phi) is 3.60. The first-order chi connectivity index (χ1) is 6.55. The molecule has 14 heavy (non-hydrogen) atoms. The summed E-state index contributed by atoms with van der Waals surface area (Å²) in [5.74, 6) is -0.159. The fraction of sp³-hybridized carbons (Fsp3) is 0.556. The van der Waals surface area contributed by atoms with Crippen LogP contribution in [0.5, 0.6) is 0 Å². The zero-order chi connectivity index (χ0) is 10.6. The number of nitrogens with one attached hydrogen (secondary N) is 1. The number of amides is 1. The van der Waals surface area contributed by atoms with Crippen LogP contribution in [0.1, 0.15) is 24.3 Å². The third-order valence-electron chi connectivity index (χ3n) is 1.62. The molecule has 0 saturated carbocycles. The van der Waals surface area contributed by atoms with E-state index in [0.29, 0.717) is 12.3 Å². The summed E-state index contributed by atoms with van der Waals surface area (Å²) in [4.78, 5) is 15.5. The highest BCUT2D eigenvalue weighted by Gasteiger charge is 2.21. The topological polar surface area (TPSA) is 51.2 Å². The second-order valence-corrected chi connectivity index (χ2v) is 4.36. The Morgan fingerprint density at radius 3 is 2.93 bits per heavy atom. The van der Waals surface area contributed by atoms with Crippen LogP contribution in [0.4, 0.5) is 0 Å². The molecule has 1 rings (SSSR count). The van der Waals surface area contributed by atoms with Crippen LogP contribution < -0.4 is 5.32 Å². The van der Waals surface area contributed by atoms with Gasteiger partial charge in [-0.1, -0.05) is 0 Å². The van der Waals surface area contributed by atoms with Crippen LogP contribution >= 0.6 is 11.3 Å². The van der Waals surface area contributed by atoms with Gasteiger partial charge in [-0.25, -0.2) is 4.98 Å². The van der Waals surface area contributed by atoms with Crippen molar-refractivity contribution in [3.63, 3.8) is 0 Å². The smallest absolute Gasteiger partial charge is 0.271 e. The number of hydrogen-bond acceptors (Lipinski definition) is 4. The van der Waals surface area contributed by atoms with Crippen molar-refractivity contribution in [3.8, 4) is 0 Å². The highest BCUT2D eigenvalue weighted by atomic mass is 32.1. The maximum Gasteiger partial charge on any atom is 0.271 e. The number of aromatic nitrogens is 1. The van der Waals surface area contributed by atoms with Crippen molar-refractivity contribution in [1.29, 1.82) is 0 Å². The summed E-state index contributed by atoms with van der Waals surface area (Å²) in [7, 11) is 1.61. The Morgan fingerprint density at radius 2 is 2.43 bits per heavy atom. The third kappa shape index (κ3) is 3.08. The van der Waals surface area contributed by atoms with Crippen molar-refractivity contribution in [2.75, 3.05) is 13.7 Å². The zero-order valence-electron chi connectivity index (χ0n) is 8.53. The van der Waals surface area contributed by atoms with Gasteiger partial charge in [-0.05, 0) is 13.8 Å². The van der Waals surface area contributed by atoms with E-state index < -0.39 is 0 Å². The van der Waals surface area contributed by atoms with Gasteiger partial charge in [0.15, 0.2) is 0 Å². The van der Waals surface area contributed by atoms with E-state index in [1.807, 2.05) is 13.8 Å². The lowest BCUT2D eigenvalue weighted by molar-refractivity contribution is 0.0816. The van der Waals surface area contributed by atoms with Crippen LogP contribution in [0, 0.1) is 0 Å². The molecule has 0 aliphatic rings. The van der Waals surface area contributed by atoms with Gasteiger partial charge in [-0.2, -0.15) is 0 Å². The number of thiazole rings is 1. The number of carbonyl (C=O) groups excluding carboxylic acids is 1. The van der Waals surface area contributed by atoms with Gasteiger partial charge in [0.05, 0.1) is 17.7 Å². The molecule has 0 saturated heterocycles. The summed E-state index contributed by atoms with van der Waals surface area (Å²) < 4.78 is 4.99. The van der Waals surface area contributed by atoms with Crippen LogP contribution in [0.3, 0.4) is 0 Å². The molecule has 0 fully saturated rings. The Morgan fingerprint density at radius 1 is 1.71 bits per heavy atom. The predicted octanol–water partition coefficient (Wildman–Crippen LogP) is 1.30. The van der Waals surface area contributed by atoms with Gasteiger partial charge in [0, 0.05) is 12.5 Å². The van der Waals surface area contributed by atoms with Gasteiger partial charge in [0.2, 0.25) is 0 Å². The second kappa shape index (κ2) is 4.52. The summed E-state index contributed by atoms with van der Waals surface area (Å²) in [6.45, 7) is 4.28. The molecule has 0 radical (unpaired) electrons. The molecule has 1 amide bonds.